The Balaban J connectivity index is 2.22. The van der Waals surface area contributed by atoms with Crippen LogP contribution < -0.4 is 5.32 Å². The average molecular weight is 454 g/mol. The van der Waals surface area contributed by atoms with Gasteiger partial charge in [-0.2, -0.15) is 0 Å². The molecule has 0 spiro atoms. The highest BCUT2D eigenvalue weighted by molar-refractivity contribution is 5.74. The molecule has 0 radical (unpaired) electrons. The number of halogens is 1. The molecule has 0 aromatic heterocycles. The highest BCUT2D eigenvalue weighted by Gasteiger charge is 2.50. The van der Waals surface area contributed by atoms with Gasteiger partial charge < -0.3 is 24.3 Å². The van der Waals surface area contributed by atoms with E-state index in [4.69, 9.17) is 18.9 Å². The van der Waals surface area contributed by atoms with Crippen molar-refractivity contribution in [3.8, 4) is 0 Å². The van der Waals surface area contributed by atoms with Crippen LogP contribution in [0.15, 0.2) is 30.3 Å². The maximum Gasteiger partial charge on any atom is 0.306 e. The molecule has 1 aromatic carbocycles. The first kappa shape index (κ1) is 25.7. The number of benzene rings is 1. The summed E-state index contributed by atoms with van der Waals surface area (Å²) in [6.45, 7) is 4.65. The van der Waals surface area contributed by atoms with E-state index in [2.05, 4.69) is 5.32 Å². The normalized spacial score (nSPS) is 25.1. The molecule has 8 nitrogen and oxygen atoms in total. The lowest BCUT2D eigenvalue weighted by Gasteiger charge is -2.43. The summed E-state index contributed by atoms with van der Waals surface area (Å²) >= 11 is 0. The molecular weight excluding hydrogens is 421 g/mol. The first-order valence-corrected chi connectivity index (χ1v) is 10.9. The summed E-state index contributed by atoms with van der Waals surface area (Å²) in [7, 11) is 0. The second-order valence-corrected chi connectivity index (χ2v) is 7.65. The first-order chi connectivity index (χ1) is 15.3. The fourth-order valence-corrected chi connectivity index (χ4v) is 3.31. The fraction of sp³-hybridized carbons (Fsp3) is 0.609. The smallest absolute Gasteiger partial charge is 0.306 e. The van der Waals surface area contributed by atoms with Gasteiger partial charge in [-0.05, 0) is 18.4 Å². The summed E-state index contributed by atoms with van der Waals surface area (Å²) in [6, 6.07) is 8.16. The van der Waals surface area contributed by atoms with Crippen molar-refractivity contribution in [1.82, 2.24) is 5.32 Å². The van der Waals surface area contributed by atoms with E-state index in [9.17, 15) is 14.4 Å². The van der Waals surface area contributed by atoms with Crippen molar-refractivity contribution in [1.29, 1.82) is 0 Å². The molecule has 32 heavy (non-hydrogen) atoms. The maximum atomic E-state index is 15.4. The van der Waals surface area contributed by atoms with Gasteiger partial charge in [0.25, 0.3) is 0 Å². The van der Waals surface area contributed by atoms with Crippen LogP contribution in [0.2, 0.25) is 0 Å². The standard InChI is InChI=1S/C23H32FNO7/c1-4-9-18(27)29-14-17-20(24)22(32-19(28)10-5-2)21(25-15(3)26)23(31-17)30-13-16-11-7-6-8-12-16/h6-8,11-12,17,20-23H,4-5,9-10,13-14H2,1-3H3,(H,25,26)/t17-,20-,21-,22+,23+/m1/s1. The Labute approximate surface area is 187 Å². The van der Waals surface area contributed by atoms with Crippen molar-refractivity contribution >= 4 is 17.8 Å². The summed E-state index contributed by atoms with van der Waals surface area (Å²) in [5, 5.41) is 2.59. The van der Waals surface area contributed by atoms with Crippen molar-refractivity contribution < 1.29 is 37.7 Å². The Bertz CT molecular complexity index is 745. The Hall–Kier alpha value is -2.52. The van der Waals surface area contributed by atoms with Gasteiger partial charge in [0, 0.05) is 19.8 Å². The Morgan fingerprint density at radius 2 is 1.72 bits per heavy atom. The SMILES string of the molecule is CCCC(=O)OC[C@H]1O[C@H](OCc2ccccc2)[C@H](NC(C)=O)[C@@H](OC(=O)CCC)[C@@H]1F. The number of amides is 1. The number of rotatable bonds is 11. The van der Waals surface area contributed by atoms with E-state index in [1.54, 1.807) is 6.92 Å². The molecule has 9 heteroatoms. The zero-order valence-electron chi connectivity index (χ0n) is 18.8. The van der Waals surface area contributed by atoms with Crippen molar-refractivity contribution in [2.45, 2.75) is 83.8 Å². The van der Waals surface area contributed by atoms with Gasteiger partial charge in [0.05, 0.1) is 6.61 Å². The highest BCUT2D eigenvalue weighted by atomic mass is 19.1. The van der Waals surface area contributed by atoms with E-state index >= 15 is 4.39 Å². The van der Waals surface area contributed by atoms with Gasteiger partial charge >= 0.3 is 11.9 Å². The highest BCUT2D eigenvalue weighted by Crippen LogP contribution is 2.28. The molecule has 5 atom stereocenters. The van der Waals surface area contributed by atoms with E-state index in [-0.39, 0.29) is 26.1 Å². The van der Waals surface area contributed by atoms with Gasteiger partial charge in [-0.15, -0.1) is 0 Å². The van der Waals surface area contributed by atoms with Gasteiger partial charge in [0.15, 0.2) is 18.6 Å². The van der Waals surface area contributed by atoms with Gasteiger partial charge in [-0.3, -0.25) is 14.4 Å². The van der Waals surface area contributed by atoms with E-state index in [0.29, 0.717) is 12.8 Å². The Kier molecular flexibility index (Phi) is 10.6. The molecule has 1 amide bonds. The van der Waals surface area contributed by atoms with Gasteiger partial charge in [-0.1, -0.05) is 44.2 Å². The monoisotopic (exact) mass is 453 g/mol. The molecule has 1 fully saturated rings. The van der Waals surface area contributed by atoms with Crippen molar-refractivity contribution in [3.05, 3.63) is 35.9 Å². The van der Waals surface area contributed by atoms with Crippen LogP contribution in [0.25, 0.3) is 0 Å². The second-order valence-electron chi connectivity index (χ2n) is 7.65. The van der Waals surface area contributed by atoms with E-state index in [1.165, 1.54) is 6.92 Å². The van der Waals surface area contributed by atoms with Crippen LogP contribution in [0, 0.1) is 0 Å². The molecule has 0 unspecified atom stereocenters. The second kappa shape index (κ2) is 13.1. The van der Waals surface area contributed by atoms with Crippen molar-refractivity contribution in [2.75, 3.05) is 6.61 Å². The third-order valence-electron chi connectivity index (χ3n) is 4.84. The summed E-state index contributed by atoms with van der Waals surface area (Å²) in [4.78, 5) is 35.7. The number of carbonyl (C=O) groups excluding carboxylic acids is 3. The first-order valence-electron chi connectivity index (χ1n) is 10.9. The van der Waals surface area contributed by atoms with Crippen LogP contribution in [0.1, 0.15) is 52.0 Å². The van der Waals surface area contributed by atoms with Crippen LogP contribution in [0.3, 0.4) is 0 Å². The molecule has 1 heterocycles. The molecule has 1 aliphatic rings. The number of ether oxygens (including phenoxy) is 4. The molecule has 178 valence electrons. The molecule has 1 aromatic rings. The van der Waals surface area contributed by atoms with Crippen LogP contribution in [0.4, 0.5) is 4.39 Å². The zero-order chi connectivity index (χ0) is 23.5. The summed E-state index contributed by atoms with van der Waals surface area (Å²) in [5.41, 5.74) is 0.838. The maximum absolute atomic E-state index is 15.4. The zero-order valence-corrected chi connectivity index (χ0v) is 18.8. The molecule has 0 bridgehead atoms. The number of hydrogen-bond donors (Lipinski definition) is 1. The molecule has 0 saturated carbocycles. The predicted octanol–water partition coefficient (Wildman–Crippen LogP) is 2.83. The molecule has 1 aliphatic heterocycles. The molecular formula is C23H32FNO7. The van der Waals surface area contributed by atoms with E-state index in [1.807, 2.05) is 37.3 Å². The van der Waals surface area contributed by atoms with Crippen LogP contribution in [-0.2, 0) is 39.9 Å². The Morgan fingerprint density at radius 1 is 1.06 bits per heavy atom. The molecule has 2 rings (SSSR count). The minimum absolute atomic E-state index is 0.0998. The fourth-order valence-electron chi connectivity index (χ4n) is 3.31. The molecule has 1 N–H and O–H groups in total. The van der Waals surface area contributed by atoms with Crippen molar-refractivity contribution in [2.24, 2.45) is 0 Å². The predicted molar refractivity (Wildman–Crippen MR) is 113 cm³/mol. The number of nitrogens with one attached hydrogen (secondary N) is 1. The third-order valence-corrected chi connectivity index (χ3v) is 4.84. The van der Waals surface area contributed by atoms with E-state index < -0.39 is 48.6 Å². The van der Waals surface area contributed by atoms with Gasteiger partial charge in [0.1, 0.15) is 18.8 Å². The summed E-state index contributed by atoms with van der Waals surface area (Å²) < 4.78 is 37.5. The minimum atomic E-state index is -1.83. The summed E-state index contributed by atoms with van der Waals surface area (Å²) in [5.74, 6) is -1.53. The van der Waals surface area contributed by atoms with E-state index in [0.717, 1.165) is 5.56 Å². The number of carbonyl (C=O) groups is 3. The van der Waals surface area contributed by atoms with Crippen molar-refractivity contribution in [3.63, 3.8) is 0 Å². The number of alkyl halides is 1. The average Bonchev–Trinajstić information content (AvgIpc) is 2.75. The lowest BCUT2D eigenvalue weighted by atomic mass is 9.97. The summed E-state index contributed by atoms with van der Waals surface area (Å²) in [6.07, 6.45) is -4.13. The van der Waals surface area contributed by atoms with Crippen LogP contribution in [0.5, 0.6) is 0 Å². The minimum Gasteiger partial charge on any atom is -0.463 e. The lowest BCUT2D eigenvalue weighted by molar-refractivity contribution is -0.267. The van der Waals surface area contributed by atoms with Crippen LogP contribution >= 0.6 is 0 Å². The number of esters is 2. The molecule has 0 aliphatic carbocycles. The van der Waals surface area contributed by atoms with Gasteiger partial charge in [0.2, 0.25) is 5.91 Å². The topological polar surface area (TPSA) is 100 Å². The van der Waals surface area contributed by atoms with Gasteiger partial charge in [-0.25, -0.2) is 4.39 Å². The number of hydrogen-bond acceptors (Lipinski definition) is 7. The van der Waals surface area contributed by atoms with Crippen LogP contribution in [-0.4, -0.2) is 55.2 Å². The molecule has 1 saturated heterocycles. The lowest BCUT2D eigenvalue weighted by Crippen LogP contribution is -2.64. The largest absolute Gasteiger partial charge is 0.463 e. The Morgan fingerprint density at radius 3 is 2.34 bits per heavy atom. The third kappa shape index (κ3) is 7.87. The quantitative estimate of drug-likeness (QED) is 0.514.